The number of amides is 1. The maximum atomic E-state index is 11.8. The predicted octanol–water partition coefficient (Wildman–Crippen LogP) is 3.65. The number of nitrogens with zero attached hydrogens (tertiary/aromatic N) is 1. The third kappa shape index (κ3) is 7.14. The lowest BCUT2D eigenvalue weighted by atomic mass is 10.1. The van der Waals surface area contributed by atoms with Crippen LogP contribution in [0.5, 0.6) is 0 Å². The highest BCUT2D eigenvalue weighted by Crippen LogP contribution is 2.12. The molecule has 0 aliphatic heterocycles. The Balaban J connectivity index is 2.44. The van der Waals surface area contributed by atoms with Crippen LogP contribution in [0.25, 0.3) is 0 Å². The molecular formula is C17H24BrNO4. The number of alkyl halides is 1. The van der Waals surface area contributed by atoms with Crippen molar-refractivity contribution in [2.75, 3.05) is 25.5 Å². The molecule has 1 aromatic carbocycles. The molecular weight excluding hydrogens is 362 g/mol. The molecule has 0 heterocycles. The minimum Gasteiger partial charge on any atom is -0.444 e. The van der Waals surface area contributed by atoms with E-state index in [1.165, 1.54) is 4.90 Å². The van der Waals surface area contributed by atoms with E-state index < -0.39 is 5.60 Å². The molecule has 0 bridgehead atoms. The van der Waals surface area contributed by atoms with Crippen molar-refractivity contribution in [3.8, 4) is 0 Å². The monoisotopic (exact) mass is 385 g/mol. The van der Waals surface area contributed by atoms with Gasteiger partial charge in [-0.1, -0.05) is 40.2 Å². The third-order valence-corrected chi connectivity index (χ3v) is 3.48. The van der Waals surface area contributed by atoms with E-state index in [2.05, 4.69) is 15.9 Å². The van der Waals surface area contributed by atoms with Crippen molar-refractivity contribution in [3.63, 3.8) is 0 Å². The maximum Gasteiger partial charge on any atom is 0.410 e. The summed E-state index contributed by atoms with van der Waals surface area (Å²) in [6, 6.07) is 7.36. The first-order chi connectivity index (χ1) is 10.7. The van der Waals surface area contributed by atoms with Crippen molar-refractivity contribution in [2.45, 2.75) is 33.0 Å². The van der Waals surface area contributed by atoms with Gasteiger partial charge in [0, 0.05) is 19.2 Å². The summed E-state index contributed by atoms with van der Waals surface area (Å²) in [5, 5.41) is 0.283. The average molecular weight is 386 g/mol. The Morgan fingerprint density at radius 3 is 2.48 bits per heavy atom. The van der Waals surface area contributed by atoms with Crippen LogP contribution in [0.4, 0.5) is 4.79 Å². The Kier molecular flexibility index (Phi) is 7.72. The number of carbonyl (C=O) groups excluding carboxylic acids is 2. The number of hydrogen-bond acceptors (Lipinski definition) is 4. The van der Waals surface area contributed by atoms with Gasteiger partial charge in [-0.25, -0.2) is 4.79 Å². The second kappa shape index (κ2) is 9.03. The summed E-state index contributed by atoms with van der Waals surface area (Å²) in [5.41, 5.74) is 0.989. The van der Waals surface area contributed by atoms with Crippen LogP contribution in [0.15, 0.2) is 24.3 Å². The van der Waals surface area contributed by atoms with Gasteiger partial charge >= 0.3 is 6.09 Å². The van der Waals surface area contributed by atoms with Crippen LogP contribution >= 0.6 is 15.9 Å². The molecule has 1 amide bonds. The second-order valence-electron chi connectivity index (χ2n) is 6.17. The Labute approximate surface area is 146 Å². The van der Waals surface area contributed by atoms with Gasteiger partial charge in [-0.15, -0.1) is 0 Å². The largest absolute Gasteiger partial charge is 0.444 e. The zero-order chi connectivity index (χ0) is 17.5. The number of halogens is 1. The lowest BCUT2D eigenvalue weighted by Gasteiger charge is -2.24. The van der Waals surface area contributed by atoms with Crippen molar-refractivity contribution in [1.82, 2.24) is 4.90 Å². The quantitative estimate of drug-likeness (QED) is 0.408. The van der Waals surface area contributed by atoms with Crippen molar-refractivity contribution in [2.24, 2.45) is 0 Å². The molecule has 0 N–H and O–H groups in total. The van der Waals surface area contributed by atoms with E-state index in [1.54, 1.807) is 13.1 Å². The molecule has 0 radical (unpaired) electrons. The standard InChI is InChI=1S/C17H24BrNO4/c1-17(2,3)23-16(21)19(4)9-10-22-12-13-7-5-6-8-14(13)15(20)11-18/h5-8H,9-12H2,1-4H3. The SMILES string of the molecule is CN(CCOCc1ccccc1C(=O)CBr)C(=O)OC(C)(C)C. The number of carbonyl (C=O) groups is 2. The highest BCUT2D eigenvalue weighted by atomic mass is 79.9. The molecule has 0 saturated carbocycles. The van der Waals surface area contributed by atoms with Gasteiger partial charge in [-0.2, -0.15) is 0 Å². The van der Waals surface area contributed by atoms with Gasteiger partial charge in [-0.3, -0.25) is 4.79 Å². The summed E-state index contributed by atoms with van der Waals surface area (Å²) >= 11 is 3.18. The topological polar surface area (TPSA) is 55.8 Å². The molecule has 0 aromatic heterocycles. The minimum atomic E-state index is -0.513. The Morgan fingerprint density at radius 1 is 1.22 bits per heavy atom. The normalized spacial score (nSPS) is 11.2. The molecule has 0 fully saturated rings. The van der Waals surface area contributed by atoms with Gasteiger partial charge < -0.3 is 14.4 Å². The number of Topliss-reactive ketones (excluding diaryl/α,β-unsaturated/α-hetero) is 1. The van der Waals surface area contributed by atoms with Crippen LogP contribution < -0.4 is 0 Å². The van der Waals surface area contributed by atoms with Crippen LogP contribution in [-0.4, -0.2) is 47.9 Å². The number of ketones is 1. The van der Waals surface area contributed by atoms with Gasteiger partial charge in [0.05, 0.1) is 18.5 Å². The number of likely N-dealkylation sites (N-methyl/N-ethyl adjacent to an activating group) is 1. The van der Waals surface area contributed by atoms with E-state index in [1.807, 2.05) is 39.0 Å². The second-order valence-corrected chi connectivity index (χ2v) is 6.73. The van der Waals surface area contributed by atoms with Gasteiger partial charge in [0.15, 0.2) is 5.78 Å². The van der Waals surface area contributed by atoms with Crippen molar-refractivity contribution in [3.05, 3.63) is 35.4 Å². The molecule has 0 unspecified atom stereocenters. The fourth-order valence-corrected chi connectivity index (χ4v) is 2.11. The van der Waals surface area contributed by atoms with E-state index in [4.69, 9.17) is 9.47 Å². The molecule has 1 aromatic rings. The highest BCUT2D eigenvalue weighted by Gasteiger charge is 2.19. The zero-order valence-electron chi connectivity index (χ0n) is 14.1. The van der Waals surface area contributed by atoms with Crippen LogP contribution in [0.2, 0.25) is 0 Å². The van der Waals surface area contributed by atoms with Crippen molar-refractivity contribution >= 4 is 27.8 Å². The molecule has 0 aliphatic rings. The summed E-state index contributed by atoms with van der Waals surface area (Å²) < 4.78 is 10.9. The fourth-order valence-electron chi connectivity index (χ4n) is 1.80. The molecule has 1 rings (SSSR count). The number of hydrogen-bond donors (Lipinski definition) is 0. The molecule has 0 atom stereocenters. The van der Waals surface area contributed by atoms with Crippen LogP contribution in [0.1, 0.15) is 36.7 Å². The van der Waals surface area contributed by atoms with Crippen LogP contribution in [-0.2, 0) is 16.1 Å². The highest BCUT2D eigenvalue weighted by molar-refractivity contribution is 9.09. The molecule has 23 heavy (non-hydrogen) atoms. The lowest BCUT2D eigenvalue weighted by molar-refractivity contribution is 0.0221. The van der Waals surface area contributed by atoms with E-state index in [0.717, 1.165) is 5.56 Å². The smallest absolute Gasteiger partial charge is 0.410 e. The van der Waals surface area contributed by atoms with E-state index in [-0.39, 0.29) is 17.2 Å². The van der Waals surface area contributed by atoms with Crippen LogP contribution in [0, 0.1) is 0 Å². The minimum absolute atomic E-state index is 0.0232. The van der Waals surface area contributed by atoms with Gasteiger partial charge in [0.25, 0.3) is 0 Å². The number of rotatable bonds is 7. The van der Waals surface area contributed by atoms with Gasteiger partial charge in [-0.05, 0) is 26.3 Å². The Morgan fingerprint density at radius 2 is 1.87 bits per heavy atom. The summed E-state index contributed by atoms with van der Waals surface area (Å²) in [4.78, 5) is 25.1. The van der Waals surface area contributed by atoms with E-state index >= 15 is 0 Å². The number of ether oxygens (including phenoxy) is 2. The molecule has 0 aliphatic carbocycles. The van der Waals surface area contributed by atoms with Gasteiger partial charge in [0.1, 0.15) is 5.60 Å². The lowest BCUT2D eigenvalue weighted by Crippen LogP contribution is -2.36. The Bertz CT molecular complexity index is 540. The molecule has 128 valence electrons. The predicted molar refractivity (Wildman–Crippen MR) is 93.1 cm³/mol. The first kappa shape index (κ1) is 19.6. The summed E-state index contributed by atoms with van der Waals surface area (Å²) in [5.74, 6) is 0.0232. The zero-order valence-corrected chi connectivity index (χ0v) is 15.7. The first-order valence-corrected chi connectivity index (χ1v) is 8.55. The van der Waals surface area contributed by atoms with E-state index in [0.29, 0.717) is 25.3 Å². The average Bonchev–Trinajstić information content (AvgIpc) is 2.49. The van der Waals surface area contributed by atoms with Crippen molar-refractivity contribution in [1.29, 1.82) is 0 Å². The Hall–Kier alpha value is -1.40. The molecule has 0 saturated heterocycles. The first-order valence-electron chi connectivity index (χ1n) is 7.43. The van der Waals surface area contributed by atoms with E-state index in [9.17, 15) is 9.59 Å². The summed E-state index contributed by atoms with van der Waals surface area (Å²) in [6.07, 6.45) is -0.379. The van der Waals surface area contributed by atoms with Crippen molar-refractivity contribution < 1.29 is 19.1 Å². The fraction of sp³-hybridized carbons (Fsp3) is 0.529. The molecule has 0 spiro atoms. The molecule has 5 nitrogen and oxygen atoms in total. The van der Waals surface area contributed by atoms with Crippen LogP contribution in [0.3, 0.4) is 0 Å². The van der Waals surface area contributed by atoms with Gasteiger partial charge in [0.2, 0.25) is 0 Å². The molecule has 6 heteroatoms. The summed E-state index contributed by atoms with van der Waals surface area (Å²) in [7, 11) is 1.67. The third-order valence-electron chi connectivity index (χ3n) is 2.97. The summed E-state index contributed by atoms with van der Waals surface area (Å²) in [6.45, 7) is 6.60. The number of benzene rings is 1. The maximum absolute atomic E-state index is 11.8.